The Morgan fingerprint density at radius 1 is 1.32 bits per heavy atom. The van der Waals surface area contributed by atoms with E-state index in [2.05, 4.69) is 4.98 Å². The maximum absolute atomic E-state index is 12.7. The van der Waals surface area contributed by atoms with Crippen LogP contribution in [0.2, 0.25) is 0 Å². The van der Waals surface area contributed by atoms with Crippen molar-refractivity contribution < 1.29 is 17.9 Å². The topological polar surface area (TPSA) is 104 Å². The van der Waals surface area contributed by atoms with Crippen LogP contribution in [0.15, 0.2) is 32.3 Å². The lowest BCUT2D eigenvalue weighted by molar-refractivity contribution is 0.213. The average molecular weight is 326 g/mol. The number of aliphatic hydroxyl groups excluding tert-OH is 1. The van der Waals surface area contributed by atoms with Crippen molar-refractivity contribution in [1.29, 1.82) is 0 Å². The maximum atomic E-state index is 12.7. The maximum Gasteiger partial charge on any atom is 0.417 e. The van der Waals surface area contributed by atoms with Gasteiger partial charge in [0, 0.05) is 25.8 Å². The third kappa shape index (κ3) is 2.81. The monoisotopic (exact) mass is 326 g/mol. The Hall–Kier alpha value is -1.64. The second kappa shape index (κ2) is 5.86. The van der Waals surface area contributed by atoms with Crippen LogP contribution in [-0.4, -0.2) is 42.5 Å². The van der Waals surface area contributed by atoms with Crippen molar-refractivity contribution in [3.8, 4) is 0 Å². The molecular weight excluding hydrogens is 308 g/mol. The van der Waals surface area contributed by atoms with Crippen LogP contribution in [0.5, 0.6) is 0 Å². The number of aliphatic hydroxyl groups is 1. The van der Waals surface area contributed by atoms with Gasteiger partial charge in [0.2, 0.25) is 10.0 Å². The Morgan fingerprint density at radius 2 is 2.14 bits per heavy atom. The zero-order valence-corrected chi connectivity index (χ0v) is 12.8. The van der Waals surface area contributed by atoms with E-state index in [9.17, 15) is 18.3 Å². The van der Waals surface area contributed by atoms with Crippen molar-refractivity contribution in [2.45, 2.75) is 24.2 Å². The molecule has 2 N–H and O–H groups in total. The molecule has 1 aromatic carbocycles. The van der Waals surface area contributed by atoms with Crippen molar-refractivity contribution in [2.24, 2.45) is 5.92 Å². The normalized spacial score (nSPS) is 21.0. The highest BCUT2D eigenvalue weighted by Crippen LogP contribution is 2.24. The lowest BCUT2D eigenvalue weighted by Crippen LogP contribution is -2.32. The van der Waals surface area contributed by atoms with Crippen molar-refractivity contribution in [2.75, 3.05) is 19.7 Å². The molecule has 2 aromatic rings. The number of benzene rings is 1. The molecule has 1 saturated heterocycles. The number of aromatic amines is 1. The number of hydrogen-bond donors (Lipinski definition) is 2. The van der Waals surface area contributed by atoms with Gasteiger partial charge in [0.25, 0.3) is 0 Å². The molecular formula is C14H18N2O5S. The summed E-state index contributed by atoms with van der Waals surface area (Å²) in [6.07, 6.45) is 2.21. The summed E-state index contributed by atoms with van der Waals surface area (Å²) in [4.78, 5) is 13.8. The van der Waals surface area contributed by atoms with Gasteiger partial charge in [0.1, 0.15) is 0 Å². The molecule has 0 bridgehead atoms. The summed E-state index contributed by atoms with van der Waals surface area (Å²) in [5.74, 6) is -0.449. The fraction of sp³-hybridized carbons (Fsp3) is 0.500. The summed E-state index contributed by atoms with van der Waals surface area (Å²) < 4.78 is 31.8. The zero-order valence-electron chi connectivity index (χ0n) is 12.0. The highest BCUT2D eigenvalue weighted by molar-refractivity contribution is 7.89. The SMILES string of the molecule is O=c1[nH]c2ccc(S(=O)(=O)N3CCCC(CO)CC3)cc2o1. The van der Waals surface area contributed by atoms with Gasteiger partial charge in [-0.05, 0) is 37.3 Å². The number of oxazole rings is 1. The molecule has 7 nitrogen and oxygen atoms in total. The third-order valence-corrected chi connectivity index (χ3v) is 5.99. The first-order valence-corrected chi connectivity index (χ1v) is 8.68. The molecule has 3 rings (SSSR count). The highest BCUT2D eigenvalue weighted by Gasteiger charge is 2.27. The second-order valence-electron chi connectivity index (χ2n) is 5.56. The van der Waals surface area contributed by atoms with Gasteiger partial charge in [0.15, 0.2) is 5.58 Å². The van der Waals surface area contributed by atoms with Gasteiger partial charge in [-0.3, -0.25) is 4.98 Å². The van der Waals surface area contributed by atoms with E-state index >= 15 is 0 Å². The molecule has 1 atom stereocenters. The molecule has 1 fully saturated rings. The van der Waals surface area contributed by atoms with Crippen LogP contribution in [0.25, 0.3) is 11.1 Å². The van der Waals surface area contributed by atoms with Crippen LogP contribution in [-0.2, 0) is 10.0 Å². The lowest BCUT2D eigenvalue weighted by Gasteiger charge is -2.20. The fourth-order valence-electron chi connectivity index (χ4n) is 2.80. The van der Waals surface area contributed by atoms with Gasteiger partial charge < -0.3 is 9.52 Å². The Balaban J connectivity index is 1.91. The Morgan fingerprint density at radius 3 is 2.91 bits per heavy atom. The van der Waals surface area contributed by atoms with E-state index < -0.39 is 15.8 Å². The first-order valence-electron chi connectivity index (χ1n) is 7.24. The van der Waals surface area contributed by atoms with Crippen LogP contribution in [0.4, 0.5) is 0 Å². The molecule has 1 unspecified atom stereocenters. The summed E-state index contributed by atoms with van der Waals surface area (Å²) in [7, 11) is -3.62. The Kier molecular flexibility index (Phi) is 4.07. The minimum Gasteiger partial charge on any atom is -0.408 e. The van der Waals surface area contributed by atoms with Crippen molar-refractivity contribution in [3.63, 3.8) is 0 Å². The number of sulfonamides is 1. The quantitative estimate of drug-likeness (QED) is 0.872. The number of rotatable bonds is 3. The largest absolute Gasteiger partial charge is 0.417 e. The van der Waals surface area contributed by atoms with Crippen LogP contribution in [0.3, 0.4) is 0 Å². The Bertz CT molecular complexity index is 823. The third-order valence-electron chi connectivity index (χ3n) is 4.10. The number of aromatic nitrogens is 1. The minimum absolute atomic E-state index is 0.0916. The van der Waals surface area contributed by atoms with E-state index in [1.165, 1.54) is 22.5 Å². The first kappa shape index (κ1) is 15.3. The predicted octanol–water partition coefficient (Wildman–Crippen LogP) is 0.904. The molecule has 1 aliphatic heterocycles. The fourth-order valence-corrected chi connectivity index (χ4v) is 4.31. The van der Waals surface area contributed by atoms with Crippen LogP contribution in [0.1, 0.15) is 19.3 Å². The highest BCUT2D eigenvalue weighted by atomic mass is 32.2. The molecule has 8 heteroatoms. The molecule has 1 aliphatic rings. The van der Waals surface area contributed by atoms with E-state index in [4.69, 9.17) is 4.42 Å². The molecule has 22 heavy (non-hydrogen) atoms. The Labute approximate surface area is 127 Å². The lowest BCUT2D eigenvalue weighted by atomic mass is 10.0. The summed E-state index contributed by atoms with van der Waals surface area (Å²) >= 11 is 0. The van der Waals surface area contributed by atoms with E-state index in [0.29, 0.717) is 25.0 Å². The summed E-state index contributed by atoms with van der Waals surface area (Å²) in [5, 5.41) is 9.23. The first-order chi connectivity index (χ1) is 10.5. The molecule has 0 aliphatic carbocycles. The minimum atomic E-state index is -3.62. The summed E-state index contributed by atoms with van der Waals surface area (Å²) in [6, 6.07) is 4.37. The molecule has 0 saturated carbocycles. The summed E-state index contributed by atoms with van der Waals surface area (Å²) in [6.45, 7) is 0.922. The van der Waals surface area contributed by atoms with Crippen LogP contribution in [0, 0.1) is 5.92 Å². The molecule has 120 valence electrons. The molecule has 0 amide bonds. The van der Waals surface area contributed by atoms with Crippen LogP contribution >= 0.6 is 0 Å². The number of H-pyrrole nitrogens is 1. The number of nitrogens with zero attached hydrogens (tertiary/aromatic N) is 1. The van der Waals surface area contributed by atoms with Gasteiger partial charge in [-0.15, -0.1) is 0 Å². The predicted molar refractivity (Wildman–Crippen MR) is 80.0 cm³/mol. The van der Waals surface area contributed by atoms with E-state index in [-0.39, 0.29) is 23.0 Å². The second-order valence-corrected chi connectivity index (χ2v) is 7.49. The number of nitrogens with one attached hydrogen (secondary N) is 1. The standard InChI is InChI=1S/C14H18N2O5S/c17-9-10-2-1-6-16(7-5-10)22(19,20)11-3-4-12-13(8-11)21-14(18)15-12/h3-4,8,10,17H,1-2,5-7,9H2,(H,15,18). The number of hydrogen-bond acceptors (Lipinski definition) is 5. The average Bonchev–Trinajstić information content (AvgIpc) is 2.71. The molecule has 0 spiro atoms. The van der Waals surface area contributed by atoms with Gasteiger partial charge in [0.05, 0.1) is 10.4 Å². The van der Waals surface area contributed by atoms with Crippen molar-refractivity contribution in [3.05, 3.63) is 28.7 Å². The molecule has 2 heterocycles. The van der Waals surface area contributed by atoms with Crippen molar-refractivity contribution in [1.82, 2.24) is 9.29 Å². The summed E-state index contributed by atoms with van der Waals surface area (Å²) in [5.41, 5.74) is 0.703. The van der Waals surface area contributed by atoms with Gasteiger partial charge >= 0.3 is 5.76 Å². The molecule has 0 radical (unpaired) electrons. The van der Waals surface area contributed by atoms with Crippen LogP contribution < -0.4 is 5.76 Å². The van der Waals surface area contributed by atoms with E-state index in [0.717, 1.165) is 12.8 Å². The van der Waals surface area contributed by atoms with E-state index in [1.54, 1.807) is 0 Å². The van der Waals surface area contributed by atoms with E-state index in [1.807, 2.05) is 0 Å². The zero-order chi connectivity index (χ0) is 15.7. The van der Waals surface area contributed by atoms with Crippen molar-refractivity contribution >= 4 is 21.1 Å². The van der Waals surface area contributed by atoms with Gasteiger partial charge in [-0.25, -0.2) is 13.2 Å². The van der Waals surface area contributed by atoms with Gasteiger partial charge in [-0.1, -0.05) is 0 Å². The molecule has 1 aromatic heterocycles. The number of fused-ring (bicyclic) bond motifs is 1. The van der Waals surface area contributed by atoms with Gasteiger partial charge in [-0.2, -0.15) is 4.31 Å². The smallest absolute Gasteiger partial charge is 0.408 e.